The molecule has 2 rings (SSSR count). The molecular weight excluding hydrogens is 252 g/mol. The molecule has 114 valence electrons. The molecular formula is C16H28N2O2. The van der Waals surface area contributed by atoms with E-state index < -0.39 is 6.04 Å². The van der Waals surface area contributed by atoms with Gasteiger partial charge in [-0.15, -0.1) is 0 Å². The number of hydrogen-bond donors (Lipinski definition) is 1. The first-order chi connectivity index (χ1) is 9.30. The van der Waals surface area contributed by atoms with Gasteiger partial charge in [0.1, 0.15) is 12.1 Å². The highest BCUT2D eigenvalue weighted by atomic mass is 16.2. The molecule has 1 heterocycles. The van der Waals surface area contributed by atoms with E-state index >= 15 is 0 Å². The normalized spacial score (nSPS) is 28.9. The molecule has 1 saturated carbocycles. The van der Waals surface area contributed by atoms with E-state index in [1.807, 2.05) is 27.7 Å². The summed E-state index contributed by atoms with van der Waals surface area (Å²) in [6.07, 6.45) is 6.25. The molecule has 0 bridgehead atoms. The monoisotopic (exact) mass is 280 g/mol. The molecule has 2 amide bonds. The van der Waals surface area contributed by atoms with Gasteiger partial charge in [-0.1, -0.05) is 46.5 Å². The van der Waals surface area contributed by atoms with Crippen LogP contribution in [0.15, 0.2) is 0 Å². The van der Waals surface area contributed by atoms with Crippen molar-refractivity contribution >= 4 is 11.8 Å². The van der Waals surface area contributed by atoms with Crippen LogP contribution < -0.4 is 5.32 Å². The molecule has 2 aliphatic rings. The zero-order valence-corrected chi connectivity index (χ0v) is 13.2. The lowest BCUT2D eigenvalue weighted by atomic mass is 9.84. The van der Waals surface area contributed by atoms with Gasteiger partial charge in [-0.2, -0.15) is 0 Å². The Morgan fingerprint density at radius 2 is 1.80 bits per heavy atom. The average molecular weight is 280 g/mol. The van der Waals surface area contributed by atoms with Gasteiger partial charge in [-0.05, 0) is 24.7 Å². The van der Waals surface area contributed by atoms with Crippen LogP contribution in [0, 0.1) is 11.3 Å². The Hall–Kier alpha value is -1.06. The Balaban J connectivity index is 2.03. The molecule has 1 aliphatic carbocycles. The summed E-state index contributed by atoms with van der Waals surface area (Å²) in [6.45, 7) is 8.56. The maximum atomic E-state index is 12.6. The fourth-order valence-corrected chi connectivity index (χ4v) is 3.33. The lowest BCUT2D eigenvalue weighted by Crippen LogP contribution is -2.65. The van der Waals surface area contributed by atoms with E-state index in [4.69, 9.17) is 0 Å². The first-order valence-electron chi connectivity index (χ1n) is 7.91. The molecule has 1 N–H and O–H groups in total. The van der Waals surface area contributed by atoms with Crippen LogP contribution in [0.1, 0.15) is 59.8 Å². The van der Waals surface area contributed by atoms with Crippen molar-refractivity contribution in [2.45, 2.75) is 71.9 Å². The van der Waals surface area contributed by atoms with Crippen LogP contribution in [0.3, 0.4) is 0 Å². The molecule has 4 heteroatoms. The van der Waals surface area contributed by atoms with E-state index in [9.17, 15) is 9.59 Å². The SMILES string of the molecule is CC1C(=O)NC(C(C)(C)C)C(=O)N1CCC1CCCC1. The predicted molar refractivity (Wildman–Crippen MR) is 79.1 cm³/mol. The Morgan fingerprint density at radius 1 is 1.20 bits per heavy atom. The molecule has 2 unspecified atom stereocenters. The zero-order valence-electron chi connectivity index (χ0n) is 13.2. The Labute approximate surface area is 122 Å². The predicted octanol–water partition coefficient (Wildman–Crippen LogP) is 2.33. The fourth-order valence-electron chi connectivity index (χ4n) is 3.33. The first-order valence-corrected chi connectivity index (χ1v) is 7.91. The minimum Gasteiger partial charge on any atom is -0.342 e. The Morgan fingerprint density at radius 3 is 2.35 bits per heavy atom. The smallest absolute Gasteiger partial charge is 0.246 e. The number of carbonyl (C=O) groups is 2. The lowest BCUT2D eigenvalue weighted by Gasteiger charge is -2.42. The molecule has 1 aliphatic heterocycles. The van der Waals surface area contributed by atoms with Gasteiger partial charge in [0.15, 0.2) is 0 Å². The highest BCUT2D eigenvalue weighted by Crippen LogP contribution is 2.29. The topological polar surface area (TPSA) is 49.4 Å². The lowest BCUT2D eigenvalue weighted by molar-refractivity contribution is -0.151. The Kier molecular flexibility index (Phi) is 4.40. The molecule has 4 nitrogen and oxygen atoms in total. The van der Waals surface area contributed by atoms with Crippen LogP contribution in [0.25, 0.3) is 0 Å². The minimum atomic E-state index is -0.394. The van der Waals surface area contributed by atoms with Crippen LogP contribution in [0.2, 0.25) is 0 Å². The van der Waals surface area contributed by atoms with Gasteiger partial charge in [-0.3, -0.25) is 9.59 Å². The highest BCUT2D eigenvalue weighted by molar-refractivity contribution is 5.97. The summed E-state index contributed by atoms with van der Waals surface area (Å²) in [7, 11) is 0. The highest BCUT2D eigenvalue weighted by Gasteiger charge is 2.43. The Bertz CT molecular complexity index is 380. The summed E-state index contributed by atoms with van der Waals surface area (Å²) in [6, 6.07) is -0.725. The number of nitrogens with one attached hydrogen (secondary N) is 1. The third-order valence-electron chi connectivity index (χ3n) is 4.78. The number of piperazine rings is 1. The summed E-state index contributed by atoms with van der Waals surface area (Å²) < 4.78 is 0. The van der Waals surface area contributed by atoms with E-state index in [2.05, 4.69) is 5.32 Å². The number of rotatable bonds is 3. The van der Waals surface area contributed by atoms with Crippen molar-refractivity contribution in [2.24, 2.45) is 11.3 Å². The second-order valence-electron chi connectivity index (χ2n) is 7.45. The van der Waals surface area contributed by atoms with Crippen molar-refractivity contribution in [3.8, 4) is 0 Å². The van der Waals surface area contributed by atoms with Crippen LogP contribution >= 0.6 is 0 Å². The number of amides is 2. The third kappa shape index (κ3) is 3.15. The van der Waals surface area contributed by atoms with Crippen molar-refractivity contribution < 1.29 is 9.59 Å². The molecule has 0 aromatic rings. The first kappa shape index (κ1) is 15.3. The molecule has 0 spiro atoms. The standard InChI is InChI=1S/C16H28N2O2/c1-11-14(19)17-13(16(2,3)4)15(20)18(11)10-9-12-7-5-6-8-12/h11-13H,5-10H2,1-4H3,(H,17,19). The van der Waals surface area contributed by atoms with Gasteiger partial charge >= 0.3 is 0 Å². The van der Waals surface area contributed by atoms with E-state index in [0.717, 1.165) is 18.9 Å². The number of hydrogen-bond acceptors (Lipinski definition) is 2. The quantitative estimate of drug-likeness (QED) is 0.862. The van der Waals surface area contributed by atoms with Crippen molar-refractivity contribution in [1.29, 1.82) is 0 Å². The van der Waals surface area contributed by atoms with Crippen molar-refractivity contribution in [3.63, 3.8) is 0 Å². The molecule has 0 aromatic carbocycles. The van der Waals surface area contributed by atoms with Crippen molar-refractivity contribution in [1.82, 2.24) is 10.2 Å². The van der Waals surface area contributed by atoms with Crippen LogP contribution in [-0.4, -0.2) is 35.3 Å². The van der Waals surface area contributed by atoms with Crippen LogP contribution in [0.5, 0.6) is 0 Å². The van der Waals surface area contributed by atoms with Crippen molar-refractivity contribution in [2.75, 3.05) is 6.54 Å². The molecule has 20 heavy (non-hydrogen) atoms. The van der Waals surface area contributed by atoms with Gasteiger partial charge in [0.05, 0.1) is 0 Å². The summed E-state index contributed by atoms with van der Waals surface area (Å²) in [5.41, 5.74) is -0.238. The average Bonchev–Trinajstić information content (AvgIpc) is 2.85. The van der Waals surface area contributed by atoms with Gasteiger partial charge in [0, 0.05) is 6.54 Å². The number of nitrogens with zero attached hydrogens (tertiary/aromatic N) is 1. The minimum absolute atomic E-state index is 0.0176. The van der Waals surface area contributed by atoms with Crippen LogP contribution in [-0.2, 0) is 9.59 Å². The summed E-state index contributed by atoms with van der Waals surface area (Å²) >= 11 is 0. The zero-order chi connectivity index (χ0) is 14.9. The molecule has 1 saturated heterocycles. The molecule has 2 atom stereocenters. The number of carbonyl (C=O) groups excluding carboxylic acids is 2. The van der Waals surface area contributed by atoms with E-state index in [-0.39, 0.29) is 23.3 Å². The second-order valence-corrected chi connectivity index (χ2v) is 7.45. The second kappa shape index (κ2) is 5.74. The molecule has 0 aromatic heterocycles. The fraction of sp³-hybridized carbons (Fsp3) is 0.875. The van der Waals surface area contributed by atoms with Gasteiger partial charge in [0.2, 0.25) is 11.8 Å². The van der Waals surface area contributed by atoms with Gasteiger partial charge < -0.3 is 10.2 Å². The molecule has 2 fully saturated rings. The molecule has 0 radical (unpaired) electrons. The van der Waals surface area contributed by atoms with E-state index in [0.29, 0.717) is 0 Å². The van der Waals surface area contributed by atoms with Crippen LogP contribution in [0.4, 0.5) is 0 Å². The summed E-state index contributed by atoms with van der Waals surface area (Å²) in [5, 5.41) is 2.88. The third-order valence-corrected chi connectivity index (χ3v) is 4.78. The van der Waals surface area contributed by atoms with Crippen molar-refractivity contribution in [3.05, 3.63) is 0 Å². The van der Waals surface area contributed by atoms with E-state index in [1.165, 1.54) is 25.7 Å². The van der Waals surface area contributed by atoms with Gasteiger partial charge in [-0.25, -0.2) is 0 Å². The van der Waals surface area contributed by atoms with E-state index in [1.54, 1.807) is 4.90 Å². The maximum Gasteiger partial charge on any atom is 0.246 e. The maximum absolute atomic E-state index is 12.6. The summed E-state index contributed by atoms with van der Waals surface area (Å²) in [4.78, 5) is 26.5. The van der Waals surface area contributed by atoms with Gasteiger partial charge in [0.25, 0.3) is 0 Å². The largest absolute Gasteiger partial charge is 0.342 e. The summed E-state index contributed by atoms with van der Waals surface area (Å²) in [5.74, 6) is 0.812.